The van der Waals surface area contributed by atoms with Gasteiger partial charge in [0.15, 0.2) is 17.1 Å². The quantitative estimate of drug-likeness (QED) is 0.388. The predicted molar refractivity (Wildman–Crippen MR) is 129 cm³/mol. The monoisotopic (exact) mass is 485 g/mol. The largest absolute Gasteiger partial charge is 0.393 e. The van der Waals surface area contributed by atoms with Gasteiger partial charge in [-0.15, -0.1) is 0 Å². The molecule has 3 aromatic rings. The number of hydrogen-bond acceptors (Lipinski definition) is 6. The van der Waals surface area contributed by atoms with Crippen LogP contribution >= 0.6 is 11.6 Å². The van der Waals surface area contributed by atoms with Gasteiger partial charge in [0.1, 0.15) is 5.92 Å². The van der Waals surface area contributed by atoms with Gasteiger partial charge in [-0.3, -0.25) is 19.2 Å². The highest BCUT2D eigenvalue weighted by Gasteiger charge is 2.76. The number of rotatable bonds is 2. The van der Waals surface area contributed by atoms with Gasteiger partial charge >= 0.3 is 11.9 Å². The third kappa shape index (κ3) is 2.71. The number of esters is 2. The van der Waals surface area contributed by atoms with Crippen LogP contribution in [0.1, 0.15) is 43.4 Å². The summed E-state index contributed by atoms with van der Waals surface area (Å²) in [4.78, 5) is 56.4. The first kappa shape index (κ1) is 21.7. The van der Waals surface area contributed by atoms with Gasteiger partial charge in [-0.05, 0) is 43.2 Å². The SMILES string of the molecule is Cc1ccc([C@@H]2[C@H]3C(=O)OC(=O)[C@H]3C3(C(=O)c4ccccc4C3=O)N2c2ccc(Cl)c(C)c2)cc1. The molecule has 0 saturated carbocycles. The van der Waals surface area contributed by atoms with E-state index in [4.69, 9.17) is 16.3 Å². The normalized spacial score (nSPS) is 24.2. The number of nitrogens with zero attached hydrogens (tertiary/aromatic N) is 1. The topological polar surface area (TPSA) is 80.8 Å². The Morgan fingerprint density at radius 1 is 0.829 bits per heavy atom. The Balaban J connectivity index is 1.69. The van der Waals surface area contributed by atoms with Crippen LogP contribution in [0, 0.1) is 25.7 Å². The molecule has 0 bridgehead atoms. The number of carbonyl (C=O) groups excluding carboxylic acids is 4. The van der Waals surface area contributed by atoms with Crippen LogP contribution in [0.4, 0.5) is 5.69 Å². The van der Waals surface area contributed by atoms with Crippen molar-refractivity contribution in [2.24, 2.45) is 11.8 Å². The molecule has 0 amide bonds. The number of Topliss-reactive ketones (excluding diaryl/α,β-unsaturated/α-hetero) is 2. The van der Waals surface area contributed by atoms with Crippen molar-refractivity contribution in [2.45, 2.75) is 25.4 Å². The number of benzene rings is 3. The summed E-state index contributed by atoms with van der Waals surface area (Å²) >= 11 is 6.30. The number of ketones is 2. The highest BCUT2D eigenvalue weighted by molar-refractivity contribution is 6.37. The van der Waals surface area contributed by atoms with Crippen LogP contribution in [0.2, 0.25) is 5.02 Å². The van der Waals surface area contributed by atoms with Gasteiger partial charge in [-0.2, -0.15) is 0 Å². The van der Waals surface area contributed by atoms with Gasteiger partial charge in [0, 0.05) is 21.8 Å². The molecule has 35 heavy (non-hydrogen) atoms. The van der Waals surface area contributed by atoms with E-state index in [1.807, 2.05) is 38.1 Å². The Bertz CT molecular complexity index is 1430. The van der Waals surface area contributed by atoms with Gasteiger partial charge < -0.3 is 9.64 Å². The molecule has 6 nitrogen and oxygen atoms in total. The van der Waals surface area contributed by atoms with Crippen molar-refractivity contribution in [3.8, 4) is 0 Å². The van der Waals surface area contributed by atoms with Crippen LogP contribution in [-0.4, -0.2) is 29.0 Å². The minimum Gasteiger partial charge on any atom is -0.393 e. The lowest BCUT2D eigenvalue weighted by molar-refractivity contribution is -0.154. The Labute approximate surface area is 206 Å². The van der Waals surface area contributed by atoms with Gasteiger partial charge in [-0.1, -0.05) is 65.7 Å². The first-order chi connectivity index (χ1) is 16.8. The van der Waals surface area contributed by atoms with E-state index in [-0.39, 0.29) is 11.1 Å². The molecule has 3 atom stereocenters. The first-order valence-corrected chi connectivity index (χ1v) is 11.7. The number of anilines is 1. The number of aryl methyl sites for hydroxylation is 2. The van der Waals surface area contributed by atoms with Crippen molar-refractivity contribution in [1.29, 1.82) is 0 Å². The molecule has 2 fully saturated rings. The van der Waals surface area contributed by atoms with Gasteiger partial charge in [0.2, 0.25) is 0 Å². The van der Waals surface area contributed by atoms with E-state index in [1.54, 1.807) is 47.4 Å². The van der Waals surface area contributed by atoms with Crippen molar-refractivity contribution >= 4 is 40.8 Å². The molecular formula is C28H20ClNO5. The van der Waals surface area contributed by atoms with Crippen molar-refractivity contribution in [2.75, 3.05) is 4.90 Å². The molecule has 6 rings (SSSR count). The molecule has 7 heteroatoms. The smallest absolute Gasteiger partial charge is 0.320 e. The average Bonchev–Trinajstić information content (AvgIpc) is 3.40. The molecule has 3 aromatic carbocycles. The third-order valence-electron chi connectivity index (χ3n) is 7.48. The minimum atomic E-state index is -1.94. The second-order valence-electron chi connectivity index (χ2n) is 9.37. The van der Waals surface area contributed by atoms with E-state index in [1.165, 1.54) is 0 Å². The van der Waals surface area contributed by atoms with Crippen molar-refractivity contribution < 1.29 is 23.9 Å². The summed E-state index contributed by atoms with van der Waals surface area (Å²) in [5.41, 5.74) is 1.53. The number of ether oxygens (including phenoxy) is 1. The lowest BCUT2D eigenvalue weighted by Gasteiger charge is -2.40. The second-order valence-corrected chi connectivity index (χ2v) is 9.78. The van der Waals surface area contributed by atoms with E-state index in [9.17, 15) is 19.2 Å². The fourth-order valence-electron chi connectivity index (χ4n) is 5.94. The maximum absolute atomic E-state index is 14.2. The third-order valence-corrected chi connectivity index (χ3v) is 7.91. The zero-order valence-electron chi connectivity index (χ0n) is 18.9. The number of hydrogen-bond donors (Lipinski definition) is 0. The molecule has 1 spiro atoms. The van der Waals surface area contributed by atoms with E-state index >= 15 is 0 Å². The van der Waals surface area contributed by atoms with E-state index in [2.05, 4.69) is 0 Å². The zero-order chi connectivity index (χ0) is 24.6. The lowest BCUT2D eigenvalue weighted by atomic mass is 9.76. The minimum absolute atomic E-state index is 0.239. The summed E-state index contributed by atoms with van der Waals surface area (Å²) in [6, 6.07) is 18.5. The van der Waals surface area contributed by atoms with E-state index in [0.29, 0.717) is 16.3 Å². The fraction of sp³-hybridized carbons (Fsp3) is 0.214. The molecule has 174 valence electrons. The Kier molecular flexibility index (Phi) is 4.57. The number of carbonyl (C=O) groups is 4. The van der Waals surface area contributed by atoms with Gasteiger partial charge in [-0.25, -0.2) is 0 Å². The molecule has 2 aliphatic heterocycles. The zero-order valence-corrected chi connectivity index (χ0v) is 19.7. The molecule has 2 heterocycles. The van der Waals surface area contributed by atoms with Crippen LogP contribution in [-0.2, 0) is 14.3 Å². The van der Waals surface area contributed by atoms with Gasteiger partial charge in [0.25, 0.3) is 0 Å². The predicted octanol–water partition coefficient (Wildman–Crippen LogP) is 4.65. The summed E-state index contributed by atoms with van der Waals surface area (Å²) in [6.45, 7) is 3.76. The van der Waals surface area contributed by atoms with Crippen molar-refractivity contribution in [1.82, 2.24) is 0 Å². The molecule has 0 N–H and O–H groups in total. The fourth-order valence-corrected chi connectivity index (χ4v) is 6.06. The standard InChI is InChI=1S/C28H20ClNO5/c1-14-7-9-16(10-8-14)23-21-22(27(34)35-26(21)33)28(30(23)17-11-12-20(29)15(2)13-17)24(31)18-5-3-4-6-19(18)25(28)32/h3-13,21-23H,1-2H3/t21-,22-,23+/m0/s1. The van der Waals surface area contributed by atoms with Gasteiger partial charge in [0.05, 0.1) is 12.0 Å². The lowest BCUT2D eigenvalue weighted by Crippen LogP contribution is -2.59. The Hall–Kier alpha value is -3.77. The van der Waals surface area contributed by atoms with Crippen LogP contribution < -0.4 is 4.90 Å². The second kappa shape index (κ2) is 7.36. The van der Waals surface area contributed by atoms with Crippen molar-refractivity contribution in [3.05, 3.63) is 99.6 Å². The first-order valence-electron chi connectivity index (χ1n) is 11.3. The van der Waals surface area contributed by atoms with Crippen LogP contribution in [0.15, 0.2) is 66.7 Å². The number of halogens is 1. The van der Waals surface area contributed by atoms with Crippen LogP contribution in [0.5, 0.6) is 0 Å². The maximum atomic E-state index is 14.2. The molecular weight excluding hydrogens is 466 g/mol. The summed E-state index contributed by atoms with van der Waals surface area (Å²) in [6.07, 6.45) is 0. The highest BCUT2D eigenvalue weighted by atomic mass is 35.5. The summed E-state index contributed by atoms with van der Waals surface area (Å²) < 4.78 is 5.08. The summed E-state index contributed by atoms with van der Waals surface area (Å²) in [7, 11) is 0. The number of fused-ring (bicyclic) bond motifs is 3. The molecule has 0 aromatic heterocycles. The molecule has 2 saturated heterocycles. The average molecular weight is 486 g/mol. The Morgan fingerprint density at radius 2 is 1.46 bits per heavy atom. The Morgan fingerprint density at radius 3 is 2.06 bits per heavy atom. The van der Waals surface area contributed by atoms with E-state index < -0.39 is 46.9 Å². The van der Waals surface area contributed by atoms with Crippen LogP contribution in [0.3, 0.4) is 0 Å². The molecule has 1 aliphatic carbocycles. The highest BCUT2D eigenvalue weighted by Crippen LogP contribution is 2.60. The molecule has 0 radical (unpaired) electrons. The summed E-state index contributed by atoms with van der Waals surface area (Å²) in [5.74, 6) is -4.87. The van der Waals surface area contributed by atoms with Crippen molar-refractivity contribution in [3.63, 3.8) is 0 Å². The van der Waals surface area contributed by atoms with E-state index in [0.717, 1.165) is 11.1 Å². The summed E-state index contributed by atoms with van der Waals surface area (Å²) in [5, 5.41) is 0.525. The van der Waals surface area contributed by atoms with Crippen LogP contribution in [0.25, 0.3) is 0 Å². The molecule has 0 unspecified atom stereocenters. The molecule has 3 aliphatic rings. The maximum Gasteiger partial charge on any atom is 0.320 e. The number of cyclic esters (lactones) is 2.